The summed E-state index contributed by atoms with van der Waals surface area (Å²) in [7, 11) is 0. The average Bonchev–Trinajstić information content (AvgIpc) is 2.02. The van der Waals surface area contributed by atoms with Crippen LogP contribution >= 0.6 is 0 Å². The van der Waals surface area contributed by atoms with Crippen molar-refractivity contribution in [2.75, 3.05) is 0 Å². The molecule has 13 heavy (non-hydrogen) atoms. The fourth-order valence-corrected chi connectivity index (χ4v) is 1.16. The molecule has 5 heteroatoms. The minimum absolute atomic E-state index is 0.237. The van der Waals surface area contributed by atoms with Crippen LogP contribution < -0.4 is 11.1 Å². The molecular formula is C8H7N3O2. The summed E-state index contributed by atoms with van der Waals surface area (Å²) in [6.45, 7) is 1.66. The number of hydrogen-bond acceptors (Lipinski definition) is 3. The quantitative estimate of drug-likeness (QED) is 0.590. The van der Waals surface area contributed by atoms with Gasteiger partial charge in [-0.05, 0) is 13.0 Å². The summed E-state index contributed by atoms with van der Waals surface area (Å²) in [5.41, 5.74) is -0.169. The van der Waals surface area contributed by atoms with Crippen molar-refractivity contribution in [3.05, 3.63) is 38.7 Å². The molecule has 0 saturated heterocycles. The number of hydrogen-bond donors (Lipinski definition) is 2. The van der Waals surface area contributed by atoms with E-state index in [0.717, 1.165) is 0 Å². The van der Waals surface area contributed by atoms with Gasteiger partial charge < -0.3 is 9.97 Å². The van der Waals surface area contributed by atoms with E-state index in [-0.39, 0.29) is 11.1 Å². The first kappa shape index (κ1) is 7.72. The number of fused-ring (bicyclic) bond motifs is 1. The van der Waals surface area contributed by atoms with Crippen molar-refractivity contribution in [3.63, 3.8) is 0 Å². The Balaban J connectivity index is 3.03. The third-order valence-corrected chi connectivity index (χ3v) is 1.72. The van der Waals surface area contributed by atoms with Gasteiger partial charge in [0.2, 0.25) is 5.56 Å². The number of nitrogens with one attached hydrogen (secondary N) is 2. The standard InChI is InChI=1S/C8H7N3O2/c1-4-9-7-5(8(13)10-4)2-3-6(12)11-7/h2-3H,1H3,(H2,9,10,11,12,13). The van der Waals surface area contributed by atoms with Crippen molar-refractivity contribution in [3.8, 4) is 0 Å². The second kappa shape index (κ2) is 2.55. The number of aryl methyl sites for hydroxylation is 1. The number of aromatic nitrogens is 3. The highest BCUT2D eigenvalue weighted by atomic mass is 16.1. The number of H-pyrrole nitrogens is 2. The maximum atomic E-state index is 11.3. The van der Waals surface area contributed by atoms with Crippen LogP contribution in [-0.2, 0) is 0 Å². The first-order valence-corrected chi connectivity index (χ1v) is 3.77. The Hall–Kier alpha value is -1.91. The van der Waals surface area contributed by atoms with Crippen LogP contribution in [-0.4, -0.2) is 15.0 Å². The van der Waals surface area contributed by atoms with E-state index < -0.39 is 0 Å². The molecule has 0 atom stereocenters. The van der Waals surface area contributed by atoms with Crippen molar-refractivity contribution < 1.29 is 0 Å². The molecule has 0 amide bonds. The first-order valence-electron chi connectivity index (χ1n) is 3.77. The monoisotopic (exact) mass is 177 g/mol. The lowest BCUT2D eigenvalue weighted by molar-refractivity contribution is 1.04. The Bertz CT molecular complexity index is 567. The zero-order chi connectivity index (χ0) is 9.42. The third kappa shape index (κ3) is 1.24. The van der Waals surface area contributed by atoms with Gasteiger partial charge in [-0.3, -0.25) is 9.59 Å². The van der Waals surface area contributed by atoms with Gasteiger partial charge in [-0.2, -0.15) is 0 Å². The lowest BCUT2D eigenvalue weighted by atomic mass is 10.3. The van der Waals surface area contributed by atoms with E-state index in [2.05, 4.69) is 15.0 Å². The molecule has 0 aliphatic heterocycles. The SMILES string of the molecule is Cc1nc2[nH]c(=O)ccc2c(=O)[nH]1. The lowest BCUT2D eigenvalue weighted by Crippen LogP contribution is -2.14. The molecule has 2 aromatic heterocycles. The minimum atomic E-state index is -0.259. The highest BCUT2D eigenvalue weighted by Gasteiger charge is 2.00. The van der Waals surface area contributed by atoms with Gasteiger partial charge in [-0.25, -0.2) is 4.98 Å². The average molecular weight is 177 g/mol. The van der Waals surface area contributed by atoms with Crippen LogP contribution in [0.5, 0.6) is 0 Å². The maximum absolute atomic E-state index is 11.3. The molecule has 2 aromatic rings. The number of nitrogens with zero attached hydrogens (tertiary/aromatic N) is 1. The molecule has 0 spiro atoms. The van der Waals surface area contributed by atoms with Crippen LogP contribution in [0.1, 0.15) is 5.82 Å². The Morgan fingerprint density at radius 3 is 2.77 bits per heavy atom. The van der Waals surface area contributed by atoms with Gasteiger partial charge >= 0.3 is 0 Å². The molecule has 0 saturated carbocycles. The van der Waals surface area contributed by atoms with Crippen molar-refractivity contribution >= 4 is 11.0 Å². The Morgan fingerprint density at radius 2 is 2.00 bits per heavy atom. The molecular weight excluding hydrogens is 170 g/mol. The number of rotatable bonds is 0. The van der Waals surface area contributed by atoms with Crippen LogP contribution in [0.25, 0.3) is 11.0 Å². The summed E-state index contributed by atoms with van der Waals surface area (Å²) < 4.78 is 0. The van der Waals surface area contributed by atoms with E-state index >= 15 is 0 Å². The van der Waals surface area contributed by atoms with Gasteiger partial charge in [0.25, 0.3) is 5.56 Å². The van der Waals surface area contributed by atoms with E-state index in [1.807, 2.05) is 0 Å². The van der Waals surface area contributed by atoms with Crippen LogP contribution in [0.4, 0.5) is 0 Å². The van der Waals surface area contributed by atoms with Crippen LogP contribution in [0, 0.1) is 6.92 Å². The predicted molar refractivity (Wildman–Crippen MR) is 47.7 cm³/mol. The van der Waals surface area contributed by atoms with Crippen molar-refractivity contribution in [1.82, 2.24) is 15.0 Å². The largest absolute Gasteiger partial charge is 0.310 e. The highest BCUT2D eigenvalue weighted by Crippen LogP contribution is 1.98. The van der Waals surface area contributed by atoms with Crippen LogP contribution in [0.15, 0.2) is 21.7 Å². The Labute approximate surface area is 72.5 Å². The molecule has 2 rings (SSSR count). The molecule has 0 fully saturated rings. The Morgan fingerprint density at radius 1 is 1.23 bits per heavy atom. The van der Waals surface area contributed by atoms with E-state index in [1.54, 1.807) is 6.92 Å². The van der Waals surface area contributed by atoms with Crippen LogP contribution in [0.2, 0.25) is 0 Å². The van der Waals surface area contributed by atoms with Gasteiger partial charge in [0.05, 0.1) is 5.39 Å². The van der Waals surface area contributed by atoms with E-state index in [0.29, 0.717) is 16.9 Å². The molecule has 0 bridgehead atoms. The number of pyridine rings is 1. The summed E-state index contributed by atoms with van der Waals surface area (Å²) in [4.78, 5) is 31.2. The van der Waals surface area contributed by atoms with E-state index in [9.17, 15) is 9.59 Å². The molecule has 2 heterocycles. The van der Waals surface area contributed by atoms with Gasteiger partial charge in [-0.15, -0.1) is 0 Å². The summed E-state index contributed by atoms with van der Waals surface area (Å²) in [5.74, 6) is 0.486. The topological polar surface area (TPSA) is 78.6 Å². The summed E-state index contributed by atoms with van der Waals surface area (Å²) in [5, 5.41) is 0.394. The zero-order valence-corrected chi connectivity index (χ0v) is 6.92. The summed E-state index contributed by atoms with van der Waals surface area (Å²) in [6.07, 6.45) is 0. The van der Waals surface area contributed by atoms with Gasteiger partial charge in [-0.1, -0.05) is 0 Å². The molecule has 2 N–H and O–H groups in total. The maximum Gasteiger partial charge on any atom is 0.260 e. The van der Waals surface area contributed by atoms with Gasteiger partial charge in [0, 0.05) is 6.07 Å². The van der Waals surface area contributed by atoms with E-state index in [4.69, 9.17) is 0 Å². The fraction of sp³-hybridized carbons (Fsp3) is 0.125. The van der Waals surface area contributed by atoms with Crippen molar-refractivity contribution in [1.29, 1.82) is 0 Å². The summed E-state index contributed by atoms with van der Waals surface area (Å²) >= 11 is 0. The zero-order valence-electron chi connectivity index (χ0n) is 6.92. The second-order valence-corrected chi connectivity index (χ2v) is 2.74. The first-order chi connectivity index (χ1) is 6.16. The number of aromatic amines is 2. The fourth-order valence-electron chi connectivity index (χ4n) is 1.16. The molecule has 66 valence electrons. The lowest BCUT2D eigenvalue weighted by Gasteiger charge is -1.96. The molecule has 0 radical (unpaired) electrons. The Kier molecular flexibility index (Phi) is 1.51. The minimum Gasteiger partial charge on any atom is -0.310 e. The smallest absolute Gasteiger partial charge is 0.260 e. The molecule has 0 aliphatic carbocycles. The van der Waals surface area contributed by atoms with Crippen LogP contribution in [0.3, 0.4) is 0 Å². The van der Waals surface area contributed by atoms with Crippen molar-refractivity contribution in [2.45, 2.75) is 6.92 Å². The van der Waals surface area contributed by atoms with Crippen molar-refractivity contribution in [2.24, 2.45) is 0 Å². The van der Waals surface area contributed by atoms with Gasteiger partial charge in [0.15, 0.2) is 0 Å². The molecule has 5 nitrogen and oxygen atoms in total. The molecule has 0 aromatic carbocycles. The highest BCUT2D eigenvalue weighted by molar-refractivity contribution is 5.72. The summed E-state index contributed by atoms with van der Waals surface area (Å²) in [6, 6.07) is 2.76. The van der Waals surface area contributed by atoms with Gasteiger partial charge in [0.1, 0.15) is 11.5 Å². The molecule has 0 unspecified atom stereocenters. The third-order valence-electron chi connectivity index (χ3n) is 1.72. The molecule has 0 aliphatic rings. The second-order valence-electron chi connectivity index (χ2n) is 2.74. The normalized spacial score (nSPS) is 10.5. The van der Waals surface area contributed by atoms with E-state index in [1.165, 1.54) is 12.1 Å². The predicted octanol–water partition coefficient (Wildman–Crippen LogP) is -0.0802.